The first-order chi connectivity index (χ1) is 7.51. The molecule has 16 heavy (non-hydrogen) atoms. The molecule has 86 valence electrons. The van der Waals surface area contributed by atoms with E-state index in [0.29, 0.717) is 21.4 Å². The van der Waals surface area contributed by atoms with Crippen molar-refractivity contribution >= 4 is 34.7 Å². The lowest BCUT2D eigenvalue weighted by atomic mass is 10.1. The Hall–Kier alpha value is -1.19. The quantitative estimate of drug-likeness (QED) is 0.619. The van der Waals surface area contributed by atoms with Gasteiger partial charge in [0.25, 0.3) is 0 Å². The number of hydrogen-bond acceptors (Lipinski definition) is 3. The molecule has 1 aromatic carbocycles. The zero-order valence-electron chi connectivity index (χ0n) is 8.84. The molecule has 1 aromatic rings. The molecule has 0 unspecified atom stereocenters. The summed E-state index contributed by atoms with van der Waals surface area (Å²) in [5.74, 6) is -0.115. The first kappa shape index (κ1) is 12.9. The summed E-state index contributed by atoms with van der Waals surface area (Å²) in [4.78, 5) is 11.3. The lowest BCUT2D eigenvalue weighted by Gasteiger charge is -2.09. The maximum atomic E-state index is 11.3. The number of carbonyl (C=O) groups is 1. The molecule has 0 saturated carbocycles. The van der Waals surface area contributed by atoms with Crippen LogP contribution in [0.15, 0.2) is 18.7 Å². The van der Waals surface area contributed by atoms with Gasteiger partial charge >= 0.3 is 5.97 Å². The topological polar surface area (TPSA) is 35.5 Å². The average molecular weight is 261 g/mol. The molecule has 0 bridgehead atoms. The minimum atomic E-state index is -0.553. The number of methoxy groups -OCH3 is 2. The molecule has 0 aliphatic heterocycles. The van der Waals surface area contributed by atoms with Gasteiger partial charge < -0.3 is 9.47 Å². The maximum Gasteiger partial charge on any atom is 0.337 e. The lowest BCUT2D eigenvalue weighted by Crippen LogP contribution is -2.03. The van der Waals surface area contributed by atoms with E-state index in [-0.39, 0.29) is 5.57 Å². The Morgan fingerprint density at radius 1 is 1.25 bits per heavy atom. The summed E-state index contributed by atoms with van der Waals surface area (Å²) < 4.78 is 9.53. The summed E-state index contributed by atoms with van der Waals surface area (Å²) in [5, 5.41) is 0.684. The molecule has 0 aliphatic rings. The number of rotatable bonds is 3. The third-order valence-corrected chi connectivity index (χ3v) is 2.61. The second-order valence-corrected chi connectivity index (χ2v) is 3.75. The van der Waals surface area contributed by atoms with Crippen LogP contribution in [0, 0.1) is 0 Å². The second-order valence-electron chi connectivity index (χ2n) is 2.94. The maximum absolute atomic E-state index is 11.3. The van der Waals surface area contributed by atoms with Crippen molar-refractivity contribution in [3.63, 3.8) is 0 Å². The number of benzene rings is 1. The zero-order valence-corrected chi connectivity index (χ0v) is 10.4. The molecule has 0 amide bonds. The number of hydrogen-bond donors (Lipinski definition) is 0. The van der Waals surface area contributed by atoms with Crippen LogP contribution >= 0.6 is 23.2 Å². The van der Waals surface area contributed by atoms with Crippen LogP contribution in [0.1, 0.15) is 5.56 Å². The van der Waals surface area contributed by atoms with Gasteiger partial charge in [0.2, 0.25) is 0 Å². The largest absolute Gasteiger partial charge is 0.495 e. The molecule has 0 spiro atoms. The van der Waals surface area contributed by atoms with Gasteiger partial charge in [-0.05, 0) is 6.07 Å². The Morgan fingerprint density at radius 3 is 2.38 bits per heavy atom. The minimum Gasteiger partial charge on any atom is -0.495 e. The number of halogens is 2. The van der Waals surface area contributed by atoms with E-state index in [0.717, 1.165) is 0 Å². The van der Waals surface area contributed by atoms with Crippen LogP contribution in [0.3, 0.4) is 0 Å². The van der Waals surface area contributed by atoms with Crippen LogP contribution in [0.25, 0.3) is 5.57 Å². The first-order valence-electron chi connectivity index (χ1n) is 4.32. The standard InChI is InChI=1S/C11H10Cl2O3/c1-6(11(14)16-3)7-4-9(13)10(15-2)5-8(7)12/h4-5H,1H2,2-3H3. The third kappa shape index (κ3) is 2.49. The van der Waals surface area contributed by atoms with Crippen molar-refractivity contribution in [2.24, 2.45) is 0 Å². The average Bonchev–Trinajstić information content (AvgIpc) is 2.29. The van der Waals surface area contributed by atoms with E-state index >= 15 is 0 Å². The number of ether oxygens (including phenoxy) is 2. The van der Waals surface area contributed by atoms with E-state index in [1.54, 1.807) is 0 Å². The lowest BCUT2D eigenvalue weighted by molar-refractivity contribution is -0.133. The molecular formula is C11H10Cl2O3. The van der Waals surface area contributed by atoms with Gasteiger partial charge in [-0.2, -0.15) is 0 Å². The summed E-state index contributed by atoms with van der Waals surface area (Å²) in [6.45, 7) is 3.59. The van der Waals surface area contributed by atoms with Crippen LogP contribution in [0.2, 0.25) is 10.0 Å². The van der Waals surface area contributed by atoms with Gasteiger partial charge in [-0.1, -0.05) is 29.8 Å². The SMILES string of the molecule is C=C(C(=O)OC)c1cc(Cl)c(OC)cc1Cl. The van der Waals surface area contributed by atoms with Crippen LogP contribution in [0.5, 0.6) is 5.75 Å². The fraction of sp³-hybridized carbons (Fsp3) is 0.182. The van der Waals surface area contributed by atoms with Crippen molar-refractivity contribution in [2.45, 2.75) is 0 Å². The Morgan fingerprint density at radius 2 is 1.88 bits per heavy atom. The monoisotopic (exact) mass is 260 g/mol. The van der Waals surface area contributed by atoms with Crippen LogP contribution in [-0.2, 0) is 9.53 Å². The molecule has 0 radical (unpaired) electrons. The van der Waals surface area contributed by atoms with Gasteiger partial charge in [-0.15, -0.1) is 0 Å². The van der Waals surface area contributed by atoms with Gasteiger partial charge in [0.15, 0.2) is 0 Å². The first-order valence-corrected chi connectivity index (χ1v) is 5.07. The predicted octanol–water partition coefficient (Wildman–Crippen LogP) is 3.19. The molecule has 1 rings (SSSR count). The van der Waals surface area contributed by atoms with Gasteiger partial charge in [-0.3, -0.25) is 0 Å². The normalized spacial score (nSPS) is 9.75. The van der Waals surface area contributed by atoms with Gasteiger partial charge in [0.1, 0.15) is 5.75 Å². The van der Waals surface area contributed by atoms with Crippen molar-refractivity contribution in [3.05, 3.63) is 34.3 Å². The number of carbonyl (C=O) groups excluding carboxylic acids is 1. The highest BCUT2D eigenvalue weighted by molar-refractivity contribution is 6.37. The van der Waals surface area contributed by atoms with Crippen molar-refractivity contribution in [2.75, 3.05) is 14.2 Å². The Bertz CT molecular complexity index is 441. The molecule has 0 N–H and O–H groups in total. The van der Waals surface area contributed by atoms with E-state index < -0.39 is 5.97 Å². The summed E-state index contributed by atoms with van der Waals surface area (Å²) in [6.07, 6.45) is 0. The summed E-state index contributed by atoms with van der Waals surface area (Å²) in [6, 6.07) is 3.04. The Labute approximate surface area is 104 Å². The number of esters is 1. The summed E-state index contributed by atoms with van der Waals surface area (Å²) in [5.41, 5.74) is 0.580. The van der Waals surface area contributed by atoms with Crippen LogP contribution in [0.4, 0.5) is 0 Å². The van der Waals surface area contributed by atoms with E-state index in [1.807, 2.05) is 0 Å². The van der Waals surface area contributed by atoms with Crippen LogP contribution in [-0.4, -0.2) is 20.2 Å². The molecule has 0 atom stereocenters. The van der Waals surface area contributed by atoms with E-state index in [2.05, 4.69) is 11.3 Å². The Kier molecular flexibility index (Phi) is 4.21. The fourth-order valence-corrected chi connectivity index (χ4v) is 1.66. The smallest absolute Gasteiger partial charge is 0.337 e. The highest BCUT2D eigenvalue weighted by Crippen LogP contribution is 2.34. The van der Waals surface area contributed by atoms with E-state index in [1.165, 1.54) is 26.4 Å². The van der Waals surface area contributed by atoms with Crippen molar-refractivity contribution in [1.29, 1.82) is 0 Å². The van der Waals surface area contributed by atoms with Crippen molar-refractivity contribution in [1.82, 2.24) is 0 Å². The third-order valence-electron chi connectivity index (χ3n) is 2.00. The van der Waals surface area contributed by atoms with Gasteiger partial charge in [0, 0.05) is 11.6 Å². The Balaban J connectivity index is 3.21. The van der Waals surface area contributed by atoms with Gasteiger partial charge in [0.05, 0.1) is 29.8 Å². The van der Waals surface area contributed by atoms with Crippen LogP contribution < -0.4 is 4.74 Å². The molecule has 0 fully saturated rings. The molecule has 0 heterocycles. The molecular weight excluding hydrogens is 251 g/mol. The summed E-state index contributed by atoms with van der Waals surface area (Å²) >= 11 is 11.9. The summed E-state index contributed by atoms with van der Waals surface area (Å²) in [7, 11) is 2.75. The fourth-order valence-electron chi connectivity index (χ4n) is 1.15. The molecule has 0 saturated heterocycles. The predicted molar refractivity (Wildman–Crippen MR) is 64.1 cm³/mol. The molecule has 0 aromatic heterocycles. The second kappa shape index (κ2) is 5.23. The molecule has 5 heteroatoms. The zero-order chi connectivity index (χ0) is 12.3. The van der Waals surface area contributed by atoms with E-state index in [9.17, 15) is 4.79 Å². The van der Waals surface area contributed by atoms with Crippen molar-refractivity contribution in [3.8, 4) is 5.75 Å². The molecule has 0 aliphatic carbocycles. The highest BCUT2D eigenvalue weighted by atomic mass is 35.5. The van der Waals surface area contributed by atoms with Gasteiger partial charge in [-0.25, -0.2) is 4.79 Å². The van der Waals surface area contributed by atoms with E-state index in [4.69, 9.17) is 27.9 Å². The van der Waals surface area contributed by atoms with Crippen molar-refractivity contribution < 1.29 is 14.3 Å². The minimum absolute atomic E-state index is 0.150. The molecule has 3 nitrogen and oxygen atoms in total. The highest BCUT2D eigenvalue weighted by Gasteiger charge is 2.15.